The van der Waals surface area contributed by atoms with Crippen LogP contribution in [0.25, 0.3) is 0 Å². The van der Waals surface area contributed by atoms with Crippen molar-refractivity contribution >= 4 is 11.7 Å². The van der Waals surface area contributed by atoms with E-state index in [2.05, 4.69) is 5.32 Å². The van der Waals surface area contributed by atoms with Crippen molar-refractivity contribution in [1.29, 1.82) is 0 Å². The van der Waals surface area contributed by atoms with E-state index in [9.17, 15) is 4.79 Å². The van der Waals surface area contributed by atoms with Crippen LogP contribution in [0.4, 0.5) is 10.5 Å². The molecule has 1 saturated heterocycles. The monoisotopic (exact) mass is 306 g/mol. The number of likely N-dealkylation sites (N-methyl/N-ethyl adjacent to an activating group) is 1. The number of benzene rings is 1. The highest BCUT2D eigenvalue weighted by atomic mass is 16.5. The normalized spacial score (nSPS) is 17.5. The Morgan fingerprint density at radius 1 is 1.41 bits per heavy atom. The van der Waals surface area contributed by atoms with Gasteiger partial charge in [0, 0.05) is 37.6 Å². The fourth-order valence-electron chi connectivity index (χ4n) is 2.56. The minimum Gasteiger partial charge on any atom is -0.377 e. The van der Waals surface area contributed by atoms with Crippen LogP contribution in [-0.2, 0) is 16.1 Å². The summed E-state index contributed by atoms with van der Waals surface area (Å²) < 4.78 is 11.1. The van der Waals surface area contributed by atoms with Crippen molar-refractivity contribution in [3.8, 4) is 0 Å². The number of hydrogen-bond acceptors (Lipinski definition) is 3. The molecule has 1 aromatic rings. The standard InChI is InChI=1S/C17H26N2O3/c1-3-19(12-15-9-7-11-22-15)17(20)18-16-10-6-5-8-14(16)13-21-4-2/h5-6,8,10,15H,3-4,7,9,11-13H2,1-2H3,(H,18,20)/t15-/m1/s1. The molecule has 1 aromatic carbocycles. The minimum atomic E-state index is -0.0815. The second-order valence-electron chi connectivity index (χ2n) is 5.40. The zero-order valence-corrected chi connectivity index (χ0v) is 13.5. The van der Waals surface area contributed by atoms with E-state index < -0.39 is 0 Å². The first-order chi connectivity index (χ1) is 10.7. The summed E-state index contributed by atoms with van der Waals surface area (Å²) >= 11 is 0. The first kappa shape index (κ1) is 16.8. The second kappa shape index (κ2) is 8.76. The molecular weight excluding hydrogens is 280 g/mol. The largest absolute Gasteiger partial charge is 0.377 e. The van der Waals surface area contributed by atoms with Crippen molar-refractivity contribution in [3.05, 3.63) is 29.8 Å². The molecule has 0 aromatic heterocycles. The predicted octanol–water partition coefficient (Wildman–Crippen LogP) is 3.26. The molecule has 1 aliphatic rings. The average molecular weight is 306 g/mol. The molecule has 5 nitrogen and oxygen atoms in total. The summed E-state index contributed by atoms with van der Waals surface area (Å²) in [7, 11) is 0. The van der Waals surface area contributed by atoms with Gasteiger partial charge in [0.15, 0.2) is 0 Å². The first-order valence-corrected chi connectivity index (χ1v) is 8.07. The van der Waals surface area contributed by atoms with Gasteiger partial charge in [0.05, 0.1) is 12.7 Å². The Morgan fingerprint density at radius 2 is 2.23 bits per heavy atom. The van der Waals surface area contributed by atoms with Crippen LogP contribution in [0.2, 0.25) is 0 Å². The van der Waals surface area contributed by atoms with Crippen molar-refractivity contribution in [1.82, 2.24) is 4.90 Å². The van der Waals surface area contributed by atoms with Gasteiger partial charge in [-0.15, -0.1) is 0 Å². The van der Waals surface area contributed by atoms with E-state index in [4.69, 9.17) is 9.47 Å². The Hall–Kier alpha value is -1.59. The van der Waals surface area contributed by atoms with Gasteiger partial charge in [-0.1, -0.05) is 18.2 Å². The number of carbonyl (C=O) groups excluding carboxylic acids is 1. The van der Waals surface area contributed by atoms with Crippen molar-refractivity contribution in [2.24, 2.45) is 0 Å². The van der Waals surface area contributed by atoms with Gasteiger partial charge in [-0.25, -0.2) is 4.79 Å². The molecule has 2 rings (SSSR count). The third-order valence-electron chi connectivity index (χ3n) is 3.84. The third kappa shape index (κ3) is 4.71. The fourth-order valence-corrected chi connectivity index (χ4v) is 2.56. The van der Waals surface area contributed by atoms with Gasteiger partial charge in [-0.2, -0.15) is 0 Å². The Balaban J connectivity index is 1.97. The maximum atomic E-state index is 12.5. The molecule has 1 fully saturated rings. The van der Waals surface area contributed by atoms with E-state index in [0.717, 1.165) is 30.7 Å². The van der Waals surface area contributed by atoms with Crippen LogP contribution in [-0.4, -0.2) is 43.3 Å². The number of para-hydroxylation sites is 1. The molecule has 0 unspecified atom stereocenters. The predicted molar refractivity (Wildman–Crippen MR) is 87.0 cm³/mol. The Kier molecular flexibility index (Phi) is 6.68. The molecule has 0 spiro atoms. The van der Waals surface area contributed by atoms with Crippen LogP contribution in [0.15, 0.2) is 24.3 Å². The summed E-state index contributed by atoms with van der Waals surface area (Å²) in [6, 6.07) is 7.67. The van der Waals surface area contributed by atoms with E-state index in [1.54, 1.807) is 4.90 Å². The fraction of sp³-hybridized carbons (Fsp3) is 0.588. The number of urea groups is 1. The highest BCUT2D eigenvalue weighted by Crippen LogP contribution is 2.18. The van der Waals surface area contributed by atoms with Crippen LogP contribution in [0.1, 0.15) is 32.3 Å². The number of nitrogens with zero attached hydrogens (tertiary/aromatic N) is 1. The van der Waals surface area contributed by atoms with Crippen LogP contribution < -0.4 is 5.32 Å². The SMILES string of the molecule is CCOCc1ccccc1NC(=O)N(CC)C[C@H]1CCCO1. The molecule has 1 aliphatic heterocycles. The van der Waals surface area contributed by atoms with Crippen molar-refractivity contribution in [2.75, 3.05) is 31.6 Å². The maximum Gasteiger partial charge on any atom is 0.321 e. The van der Waals surface area contributed by atoms with E-state index >= 15 is 0 Å². The van der Waals surface area contributed by atoms with Crippen molar-refractivity contribution < 1.29 is 14.3 Å². The smallest absolute Gasteiger partial charge is 0.321 e. The van der Waals surface area contributed by atoms with Gasteiger partial charge in [-0.3, -0.25) is 0 Å². The van der Waals surface area contributed by atoms with Gasteiger partial charge in [0.25, 0.3) is 0 Å². The summed E-state index contributed by atoms with van der Waals surface area (Å²) in [6.45, 7) is 7.23. The number of carbonyl (C=O) groups is 1. The number of amides is 2. The van der Waals surface area contributed by atoms with Crippen molar-refractivity contribution in [2.45, 2.75) is 39.4 Å². The third-order valence-corrected chi connectivity index (χ3v) is 3.84. The Bertz CT molecular complexity index is 473. The highest BCUT2D eigenvalue weighted by Gasteiger charge is 2.21. The number of rotatable bonds is 7. The van der Waals surface area contributed by atoms with Crippen molar-refractivity contribution in [3.63, 3.8) is 0 Å². The van der Waals surface area contributed by atoms with Gasteiger partial charge in [0.2, 0.25) is 0 Å². The molecule has 22 heavy (non-hydrogen) atoms. The van der Waals surface area contributed by atoms with Gasteiger partial charge in [0.1, 0.15) is 0 Å². The Morgan fingerprint density at radius 3 is 2.91 bits per heavy atom. The van der Waals surface area contributed by atoms with E-state index in [0.29, 0.717) is 26.3 Å². The maximum absolute atomic E-state index is 12.5. The number of ether oxygens (including phenoxy) is 2. The molecule has 0 bridgehead atoms. The summed E-state index contributed by atoms with van der Waals surface area (Å²) in [5.41, 5.74) is 1.80. The lowest BCUT2D eigenvalue weighted by Gasteiger charge is -2.24. The molecule has 0 saturated carbocycles. The number of hydrogen-bond donors (Lipinski definition) is 1. The first-order valence-electron chi connectivity index (χ1n) is 8.07. The summed E-state index contributed by atoms with van der Waals surface area (Å²) in [5, 5.41) is 3.00. The molecular formula is C17H26N2O3. The molecule has 2 amide bonds. The van der Waals surface area contributed by atoms with Gasteiger partial charge < -0.3 is 19.7 Å². The molecule has 1 atom stereocenters. The van der Waals surface area contributed by atoms with Crippen LogP contribution >= 0.6 is 0 Å². The zero-order valence-electron chi connectivity index (χ0n) is 13.5. The molecule has 1 heterocycles. The van der Waals surface area contributed by atoms with E-state index in [-0.39, 0.29) is 12.1 Å². The van der Waals surface area contributed by atoms with Gasteiger partial charge in [-0.05, 0) is 32.8 Å². The Labute approximate surface area is 132 Å². The molecule has 5 heteroatoms. The molecule has 1 N–H and O–H groups in total. The lowest BCUT2D eigenvalue weighted by Crippen LogP contribution is -2.40. The summed E-state index contributed by atoms with van der Waals surface area (Å²) in [4.78, 5) is 14.3. The quantitative estimate of drug-likeness (QED) is 0.841. The lowest BCUT2D eigenvalue weighted by atomic mass is 10.2. The van der Waals surface area contributed by atoms with Gasteiger partial charge >= 0.3 is 6.03 Å². The summed E-state index contributed by atoms with van der Waals surface area (Å²) in [5.74, 6) is 0. The highest BCUT2D eigenvalue weighted by molar-refractivity contribution is 5.90. The molecule has 122 valence electrons. The van der Waals surface area contributed by atoms with Crippen LogP contribution in [0.3, 0.4) is 0 Å². The molecule has 0 aliphatic carbocycles. The topological polar surface area (TPSA) is 50.8 Å². The van der Waals surface area contributed by atoms with Crippen LogP contribution in [0.5, 0.6) is 0 Å². The molecule has 0 radical (unpaired) electrons. The second-order valence-corrected chi connectivity index (χ2v) is 5.40. The minimum absolute atomic E-state index is 0.0815. The number of nitrogens with one attached hydrogen (secondary N) is 1. The van der Waals surface area contributed by atoms with E-state index in [1.807, 2.05) is 38.1 Å². The average Bonchev–Trinajstić information content (AvgIpc) is 3.04. The lowest BCUT2D eigenvalue weighted by molar-refractivity contribution is 0.0849. The van der Waals surface area contributed by atoms with E-state index in [1.165, 1.54) is 0 Å². The number of anilines is 1. The van der Waals surface area contributed by atoms with Crippen LogP contribution in [0, 0.1) is 0 Å². The summed E-state index contributed by atoms with van der Waals surface area (Å²) in [6.07, 6.45) is 2.29. The zero-order chi connectivity index (χ0) is 15.8.